The van der Waals surface area contributed by atoms with Gasteiger partial charge in [-0.3, -0.25) is 14.6 Å². The highest BCUT2D eigenvalue weighted by atomic mass is 19.1. The summed E-state index contributed by atoms with van der Waals surface area (Å²) in [4.78, 5) is 27.9. The Morgan fingerprint density at radius 3 is 2.45 bits per heavy atom. The molecule has 0 fully saturated rings. The number of hydrogen-bond acceptors (Lipinski definition) is 5. The van der Waals surface area contributed by atoms with E-state index in [0.717, 1.165) is 5.56 Å². The highest BCUT2D eigenvalue weighted by Crippen LogP contribution is 2.15. The lowest BCUT2D eigenvalue weighted by molar-refractivity contribution is -0.119. The fourth-order valence-corrected chi connectivity index (χ4v) is 2.35. The molecule has 0 saturated heterocycles. The van der Waals surface area contributed by atoms with Crippen LogP contribution in [0.25, 0.3) is 0 Å². The maximum absolute atomic E-state index is 13.6. The van der Waals surface area contributed by atoms with E-state index in [1.807, 2.05) is 0 Å². The Morgan fingerprint density at radius 1 is 1.00 bits per heavy atom. The molecule has 0 spiro atoms. The maximum atomic E-state index is 13.6. The number of rotatable bonds is 7. The first-order chi connectivity index (χ1) is 14.1. The van der Waals surface area contributed by atoms with Crippen LogP contribution >= 0.6 is 0 Å². The number of carbonyl (C=O) groups excluding carboxylic acids is 2. The second-order valence-electron chi connectivity index (χ2n) is 5.94. The Morgan fingerprint density at radius 2 is 1.72 bits per heavy atom. The van der Waals surface area contributed by atoms with Gasteiger partial charge in [-0.05, 0) is 54.1 Å². The van der Waals surface area contributed by atoms with Gasteiger partial charge in [-0.15, -0.1) is 0 Å². The molecule has 0 aliphatic carbocycles. The summed E-state index contributed by atoms with van der Waals surface area (Å²) in [5, 5.41) is 9.31. The van der Waals surface area contributed by atoms with Gasteiger partial charge in [0.15, 0.2) is 0 Å². The number of hydrazone groups is 1. The van der Waals surface area contributed by atoms with Crippen LogP contribution in [0.4, 0.5) is 15.8 Å². The minimum atomic E-state index is -0.503. The Bertz CT molecular complexity index is 1010. The third-order valence-corrected chi connectivity index (χ3v) is 3.83. The van der Waals surface area contributed by atoms with Gasteiger partial charge in [0.1, 0.15) is 5.82 Å². The number of benzene rings is 2. The van der Waals surface area contributed by atoms with E-state index in [9.17, 15) is 14.0 Å². The smallest absolute Gasteiger partial charge is 0.259 e. The van der Waals surface area contributed by atoms with Crippen LogP contribution in [0.3, 0.4) is 0 Å². The summed E-state index contributed by atoms with van der Waals surface area (Å²) in [6.07, 6.45) is 4.78. The SMILES string of the molecule is O=C(CNc1ccc(C(=O)Nc2ccccc2F)cc1)NN=Cc1ccncc1. The van der Waals surface area contributed by atoms with E-state index in [1.165, 1.54) is 18.3 Å². The minimum Gasteiger partial charge on any atom is -0.376 e. The first-order valence-electron chi connectivity index (χ1n) is 8.73. The first-order valence-corrected chi connectivity index (χ1v) is 8.73. The summed E-state index contributed by atoms with van der Waals surface area (Å²) in [5.74, 6) is -1.25. The van der Waals surface area contributed by atoms with Gasteiger partial charge in [0.2, 0.25) is 0 Å². The van der Waals surface area contributed by atoms with Crippen molar-refractivity contribution < 1.29 is 14.0 Å². The van der Waals surface area contributed by atoms with Gasteiger partial charge in [0.25, 0.3) is 11.8 Å². The van der Waals surface area contributed by atoms with Crippen LogP contribution in [0.1, 0.15) is 15.9 Å². The molecule has 29 heavy (non-hydrogen) atoms. The summed E-state index contributed by atoms with van der Waals surface area (Å²) in [6.45, 7) is 0.00839. The molecule has 0 radical (unpaired) electrons. The number of carbonyl (C=O) groups is 2. The number of aromatic nitrogens is 1. The molecule has 8 heteroatoms. The Kier molecular flexibility index (Phi) is 6.62. The van der Waals surface area contributed by atoms with Gasteiger partial charge in [-0.2, -0.15) is 5.10 Å². The molecule has 1 heterocycles. The topological polar surface area (TPSA) is 95.5 Å². The molecule has 2 aromatic carbocycles. The number of halogens is 1. The van der Waals surface area contributed by atoms with Crippen molar-refractivity contribution in [2.45, 2.75) is 0 Å². The van der Waals surface area contributed by atoms with E-state index in [1.54, 1.807) is 60.9 Å². The van der Waals surface area contributed by atoms with Gasteiger partial charge >= 0.3 is 0 Å². The van der Waals surface area contributed by atoms with E-state index in [-0.39, 0.29) is 18.1 Å². The van der Waals surface area contributed by atoms with Gasteiger partial charge in [0.05, 0.1) is 18.4 Å². The van der Waals surface area contributed by atoms with Crippen LogP contribution in [0, 0.1) is 5.82 Å². The lowest BCUT2D eigenvalue weighted by Gasteiger charge is -2.08. The second-order valence-corrected chi connectivity index (χ2v) is 5.94. The van der Waals surface area contributed by atoms with E-state index in [2.05, 4.69) is 26.1 Å². The molecule has 146 valence electrons. The highest BCUT2D eigenvalue weighted by molar-refractivity contribution is 6.04. The standard InChI is InChI=1S/C21H18FN5O2/c22-18-3-1-2-4-19(18)26-21(29)16-5-7-17(8-6-16)24-14-20(28)27-25-13-15-9-11-23-12-10-15/h1-13,24H,14H2,(H,26,29)(H,27,28). The van der Waals surface area contributed by atoms with Crippen LogP contribution in [0.5, 0.6) is 0 Å². The monoisotopic (exact) mass is 391 g/mol. The fraction of sp³-hybridized carbons (Fsp3) is 0.0476. The van der Waals surface area contributed by atoms with Crippen molar-refractivity contribution in [3.63, 3.8) is 0 Å². The molecule has 0 aliphatic rings. The minimum absolute atomic E-state index is 0.00839. The van der Waals surface area contributed by atoms with Crippen molar-refractivity contribution >= 4 is 29.4 Å². The summed E-state index contributed by atoms with van der Waals surface area (Å²) in [7, 11) is 0. The third kappa shape index (κ3) is 5.96. The number of anilines is 2. The predicted octanol–water partition coefficient (Wildman–Crippen LogP) is 3.04. The number of nitrogens with one attached hydrogen (secondary N) is 3. The quantitative estimate of drug-likeness (QED) is 0.426. The summed E-state index contributed by atoms with van der Waals surface area (Å²) in [6, 6.07) is 15.9. The molecule has 3 N–H and O–H groups in total. The molecule has 0 aliphatic heterocycles. The van der Waals surface area contributed by atoms with Crippen LogP contribution in [0.15, 0.2) is 78.2 Å². The average molecular weight is 391 g/mol. The average Bonchev–Trinajstić information content (AvgIpc) is 2.75. The van der Waals surface area contributed by atoms with Gasteiger partial charge in [-0.1, -0.05) is 12.1 Å². The summed E-state index contributed by atoms with van der Waals surface area (Å²) in [5.41, 5.74) is 4.36. The zero-order valence-corrected chi connectivity index (χ0v) is 15.3. The van der Waals surface area contributed by atoms with Crippen LogP contribution in [-0.2, 0) is 4.79 Å². The largest absolute Gasteiger partial charge is 0.376 e. The Hall–Kier alpha value is -4.07. The van der Waals surface area contributed by atoms with E-state index < -0.39 is 11.7 Å². The zero-order chi connectivity index (χ0) is 20.5. The lowest BCUT2D eigenvalue weighted by Crippen LogP contribution is -2.25. The number of hydrogen-bond donors (Lipinski definition) is 3. The first kappa shape index (κ1) is 19.7. The van der Waals surface area contributed by atoms with Crippen molar-refractivity contribution in [3.8, 4) is 0 Å². The molecule has 0 unspecified atom stereocenters. The molecule has 0 saturated carbocycles. The lowest BCUT2D eigenvalue weighted by atomic mass is 10.2. The zero-order valence-electron chi connectivity index (χ0n) is 15.3. The maximum Gasteiger partial charge on any atom is 0.259 e. The van der Waals surface area contributed by atoms with Crippen LogP contribution in [-0.4, -0.2) is 29.6 Å². The van der Waals surface area contributed by atoms with Gasteiger partial charge < -0.3 is 10.6 Å². The molecular formula is C21H18FN5O2. The molecule has 1 aromatic heterocycles. The van der Waals surface area contributed by atoms with Crippen LogP contribution in [0.2, 0.25) is 0 Å². The number of nitrogens with zero attached hydrogens (tertiary/aromatic N) is 2. The van der Waals surface area contributed by atoms with Crippen molar-refractivity contribution in [1.29, 1.82) is 0 Å². The second kappa shape index (κ2) is 9.75. The fourth-order valence-electron chi connectivity index (χ4n) is 2.35. The molecule has 0 bridgehead atoms. The molecule has 3 rings (SSSR count). The normalized spacial score (nSPS) is 10.5. The molecule has 2 amide bonds. The summed E-state index contributed by atoms with van der Waals surface area (Å²) >= 11 is 0. The van der Waals surface area contributed by atoms with E-state index in [4.69, 9.17) is 0 Å². The van der Waals surface area contributed by atoms with Crippen molar-refractivity contribution in [1.82, 2.24) is 10.4 Å². The molecular weight excluding hydrogens is 373 g/mol. The Balaban J connectivity index is 1.47. The predicted molar refractivity (Wildman–Crippen MR) is 109 cm³/mol. The number of para-hydroxylation sites is 1. The van der Waals surface area contributed by atoms with Gasteiger partial charge in [-0.25, -0.2) is 9.82 Å². The third-order valence-electron chi connectivity index (χ3n) is 3.83. The number of pyridine rings is 1. The van der Waals surface area contributed by atoms with E-state index in [0.29, 0.717) is 11.3 Å². The van der Waals surface area contributed by atoms with Crippen LogP contribution < -0.4 is 16.1 Å². The van der Waals surface area contributed by atoms with Crippen molar-refractivity contribution in [2.75, 3.05) is 17.2 Å². The molecule has 7 nitrogen and oxygen atoms in total. The highest BCUT2D eigenvalue weighted by Gasteiger charge is 2.09. The summed E-state index contributed by atoms with van der Waals surface area (Å²) < 4.78 is 13.6. The van der Waals surface area contributed by atoms with Crippen molar-refractivity contribution in [2.24, 2.45) is 5.10 Å². The Labute approximate surface area is 166 Å². The number of amides is 2. The molecule has 0 atom stereocenters. The van der Waals surface area contributed by atoms with Gasteiger partial charge in [0, 0.05) is 23.6 Å². The molecule has 3 aromatic rings. The van der Waals surface area contributed by atoms with Crippen molar-refractivity contribution in [3.05, 3.63) is 90.0 Å². The van der Waals surface area contributed by atoms with E-state index >= 15 is 0 Å².